The van der Waals surface area contributed by atoms with Crippen LogP contribution in [-0.2, 0) is 13.0 Å². The maximum absolute atomic E-state index is 5.02. The third-order valence-electron chi connectivity index (χ3n) is 6.64. The average molecular weight is 376 g/mol. The fourth-order valence-electron chi connectivity index (χ4n) is 4.65. The highest BCUT2D eigenvalue weighted by Crippen LogP contribution is 2.26. The van der Waals surface area contributed by atoms with Crippen LogP contribution in [0.1, 0.15) is 52.9 Å². The van der Waals surface area contributed by atoms with Crippen molar-refractivity contribution in [3.63, 3.8) is 0 Å². The van der Waals surface area contributed by atoms with Crippen LogP contribution in [0.3, 0.4) is 0 Å². The zero-order valence-corrected chi connectivity index (χ0v) is 17.9. The molecule has 2 heterocycles. The average Bonchev–Trinajstić information content (AvgIpc) is 3.32. The summed E-state index contributed by atoms with van der Waals surface area (Å²) in [6.07, 6.45) is 4.97. The second-order valence-electron chi connectivity index (χ2n) is 8.49. The summed E-state index contributed by atoms with van der Waals surface area (Å²) >= 11 is 0. The summed E-state index contributed by atoms with van der Waals surface area (Å²) in [5.41, 5.74) is 9.46. The molecule has 0 radical (unpaired) electrons. The molecule has 1 saturated heterocycles. The number of fused-ring (bicyclic) bond motifs is 1. The van der Waals surface area contributed by atoms with Gasteiger partial charge in [0.05, 0.1) is 11.0 Å². The van der Waals surface area contributed by atoms with Crippen LogP contribution in [0.2, 0.25) is 0 Å². The molecule has 2 aromatic carbocycles. The number of para-hydroxylation sites is 2. The zero-order valence-electron chi connectivity index (χ0n) is 17.9. The van der Waals surface area contributed by atoms with Crippen molar-refractivity contribution >= 4 is 11.0 Å². The van der Waals surface area contributed by atoms with Crippen LogP contribution >= 0.6 is 0 Å². The van der Waals surface area contributed by atoms with E-state index in [1.807, 2.05) is 0 Å². The first-order chi connectivity index (χ1) is 13.5. The van der Waals surface area contributed by atoms with Crippen LogP contribution < -0.4 is 0 Å². The van der Waals surface area contributed by atoms with Crippen molar-refractivity contribution in [3.05, 3.63) is 64.0 Å². The standard InChI is InChI=1S/C25H33N3/c1-18-16-19(2)21(4)22(20(18)3)17-28-24-11-6-5-10-23(24)26-25(28)12-9-15-27-13-7-8-14-27/h5-6,10-11,16H,7-9,12-15,17H2,1-4H3. The molecule has 148 valence electrons. The monoisotopic (exact) mass is 375 g/mol. The molecule has 3 nitrogen and oxygen atoms in total. The van der Waals surface area contributed by atoms with Crippen LogP contribution in [0.25, 0.3) is 11.0 Å². The summed E-state index contributed by atoms with van der Waals surface area (Å²) in [6, 6.07) is 10.9. The largest absolute Gasteiger partial charge is 0.323 e. The number of aryl methyl sites for hydroxylation is 3. The van der Waals surface area contributed by atoms with Crippen LogP contribution in [0.5, 0.6) is 0 Å². The molecule has 1 aliphatic heterocycles. The number of rotatable bonds is 6. The lowest BCUT2D eigenvalue weighted by atomic mass is 9.94. The SMILES string of the molecule is Cc1cc(C)c(C)c(Cn2c(CCCN3CCCC3)nc3ccccc32)c1C. The number of nitrogens with zero attached hydrogens (tertiary/aromatic N) is 3. The lowest BCUT2D eigenvalue weighted by Crippen LogP contribution is -2.21. The van der Waals surface area contributed by atoms with Crippen molar-refractivity contribution in [1.82, 2.24) is 14.5 Å². The van der Waals surface area contributed by atoms with E-state index in [-0.39, 0.29) is 0 Å². The van der Waals surface area contributed by atoms with Crippen LogP contribution in [-0.4, -0.2) is 34.1 Å². The molecule has 1 fully saturated rings. The molecule has 0 spiro atoms. The lowest BCUT2D eigenvalue weighted by molar-refractivity contribution is 0.332. The van der Waals surface area contributed by atoms with E-state index in [4.69, 9.17) is 4.98 Å². The minimum atomic E-state index is 0.916. The van der Waals surface area contributed by atoms with Crippen molar-refractivity contribution in [2.75, 3.05) is 19.6 Å². The first-order valence-corrected chi connectivity index (χ1v) is 10.8. The fraction of sp³-hybridized carbons (Fsp3) is 0.480. The van der Waals surface area contributed by atoms with Gasteiger partial charge in [0.15, 0.2) is 0 Å². The summed E-state index contributed by atoms with van der Waals surface area (Å²) in [5, 5.41) is 0. The number of hydrogen-bond donors (Lipinski definition) is 0. The number of hydrogen-bond acceptors (Lipinski definition) is 2. The quantitative estimate of drug-likeness (QED) is 0.579. The highest BCUT2D eigenvalue weighted by atomic mass is 15.1. The second kappa shape index (κ2) is 8.08. The molecule has 28 heavy (non-hydrogen) atoms. The van der Waals surface area contributed by atoms with E-state index in [0.29, 0.717) is 0 Å². The van der Waals surface area contributed by atoms with E-state index in [1.165, 1.54) is 78.1 Å². The Morgan fingerprint density at radius 1 is 0.929 bits per heavy atom. The Kier molecular flexibility index (Phi) is 5.54. The van der Waals surface area contributed by atoms with E-state index in [2.05, 4.69) is 67.5 Å². The van der Waals surface area contributed by atoms with E-state index in [0.717, 1.165) is 18.5 Å². The number of aromatic nitrogens is 2. The minimum absolute atomic E-state index is 0.916. The normalized spacial score (nSPS) is 15.0. The number of benzene rings is 2. The van der Waals surface area contributed by atoms with Crippen LogP contribution in [0, 0.1) is 27.7 Å². The van der Waals surface area contributed by atoms with Gasteiger partial charge in [-0.1, -0.05) is 18.2 Å². The highest BCUT2D eigenvalue weighted by Gasteiger charge is 2.16. The van der Waals surface area contributed by atoms with Gasteiger partial charge in [0.2, 0.25) is 0 Å². The van der Waals surface area contributed by atoms with Gasteiger partial charge < -0.3 is 9.47 Å². The van der Waals surface area contributed by atoms with E-state index >= 15 is 0 Å². The number of imidazole rings is 1. The van der Waals surface area contributed by atoms with Gasteiger partial charge in [-0.15, -0.1) is 0 Å². The first-order valence-electron chi connectivity index (χ1n) is 10.8. The van der Waals surface area contributed by atoms with Crippen molar-refractivity contribution in [1.29, 1.82) is 0 Å². The Morgan fingerprint density at radius 2 is 1.61 bits per heavy atom. The smallest absolute Gasteiger partial charge is 0.110 e. The summed E-state index contributed by atoms with van der Waals surface area (Å²) < 4.78 is 2.47. The predicted molar refractivity (Wildman–Crippen MR) is 118 cm³/mol. The van der Waals surface area contributed by atoms with Gasteiger partial charge >= 0.3 is 0 Å². The maximum atomic E-state index is 5.02. The van der Waals surface area contributed by atoms with Crippen molar-refractivity contribution < 1.29 is 0 Å². The van der Waals surface area contributed by atoms with E-state index in [1.54, 1.807) is 0 Å². The molecule has 0 amide bonds. The van der Waals surface area contributed by atoms with Crippen molar-refractivity contribution in [3.8, 4) is 0 Å². The van der Waals surface area contributed by atoms with E-state index < -0.39 is 0 Å². The van der Waals surface area contributed by atoms with Crippen LogP contribution in [0.4, 0.5) is 0 Å². The van der Waals surface area contributed by atoms with Crippen LogP contribution in [0.15, 0.2) is 30.3 Å². The summed E-state index contributed by atoms with van der Waals surface area (Å²) in [4.78, 5) is 7.62. The summed E-state index contributed by atoms with van der Waals surface area (Å²) in [5.74, 6) is 1.23. The topological polar surface area (TPSA) is 21.1 Å². The third kappa shape index (κ3) is 3.73. The molecule has 0 N–H and O–H groups in total. The van der Waals surface area contributed by atoms with Gasteiger partial charge in [-0.2, -0.15) is 0 Å². The second-order valence-corrected chi connectivity index (χ2v) is 8.49. The Balaban J connectivity index is 1.66. The minimum Gasteiger partial charge on any atom is -0.323 e. The Morgan fingerprint density at radius 3 is 2.32 bits per heavy atom. The Bertz CT molecular complexity index is 951. The molecule has 3 heteroatoms. The molecule has 0 atom stereocenters. The molecule has 0 unspecified atom stereocenters. The summed E-state index contributed by atoms with van der Waals surface area (Å²) in [7, 11) is 0. The van der Waals surface area contributed by atoms with Crippen molar-refractivity contribution in [2.45, 2.75) is 59.9 Å². The molecule has 0 aliphatic carbocycles. The van der Waals surface area contributed by atoms with Gasteiger partial charge in [0.25, 0.3) is 0 Å². The zero-order chi connectivity index (χ0) is 19.7. The highest BCUT2D eigenvalue weighted by molar-refractivity contribution is 5.76. The molecule has 3 aromatic rings. The maximum Gasteiger partial charge on any atom is 0.110 e. The summed E-state index contributed by atoms with van der Waals surface area (Å²) in [6.45, 7) is 13.7. The van der Waals surface area contributed by atoms with Crippen molar-refractivity contribution in [2.24, 2.45) is 0 Å². The lowest BCUT2D eigenvalue weighted by Gasteiger charge is -2.18. The van der Waals surface area contributed by atoms with Gasteiger partial charge in [0, 0.05) is 13.0 Å². The molecule has 1 aliphatic rings. The molecule has 4 rings (SSSR count). The predicted octanol–water partition coefficient (Wildman–Crippen LogP) is 5.35. The fourth-order valence-corrected chi connectivity index (χ4v) is 4.65. The van der Waals surface area contributed by atoms with Gasteiger partial charge in [-0.3, -0.25) is 0 Å². The Hall–Kier alpha value is -2.13. The Labute approximate surface area is 169 Å². The molecule has 0 saturated carbocycles. The molecule has 1 aromatic heterocycles. The molecular weight excluding hydrogens is 342 g/mol. The molecule has 0 bridgehead atoms. The first kappa shape index (κ1) is 19.2. The van der Waals surface area contributed by atoms with Gasteiger partial charge in [0.1, 0.15) is 5.82 Å². The number of likely N-dealkylation sites (tertiary alicyclic amines) is 1. The van der Waals surface area contributed by atoms with Gasteiger partial charge in [-0.25, -0.2) is 4.98 Å². The van der Waals surface area contributed by atoms with E-state index in [9.17, 15) is 0 Å². The van der Waals surface area contributed by atoms with Gasteiger partial charge in [-0.05, 0) is 107 Å². The molecular formula is C25H33N3. The third-order valence-corrected chi connectivity index (χ3v) is 6.64.